The van der Waals surface area contributed by atoms with E-state index in [1.54, 1.807) is 37.6 Å². The van der Waals surface area contributed by atoms with Crippen molar-refractivity contribution in [1.82, 2.24) is 9.97 Å². The second-order valence-corrected chi connectivity index (χ2v) is 5.20. The Bertz CT molecular complexity index is 815. The van der Waals surface area contributed by atoms with E-state index in [1.165, 1.54) is 0 Å². The Kier molecular flexibility index (Phi) is 4.86. The van der Waals surface area contributed by atoms with Crippen molar-refractivity contribution in [2.75, 3.05) is 5.32 Å². The van der Waals surface area contributed by atoms with Crippen molar-refractivity contribution in [2.45, 2.75) is 20.1 Å². The van der Waals surface area contributed by atoms with Crippen LogP contribution in [0.1, 0.15) is 27.6 Å². The Morgan fingerprint density at radius 2 is 2.08 bits per heavy atom. The molecule has 0 aliphatic heterocycles. The molecule has 3 rings (SSSR count). The number of anilines is 1. The zero-order chi connectivity index (χ0) is 16.8. The molecule has 0 saturated carbocycles. The second kappa shape index (κ2) is 7.41. The molecular formula is C18H17N3O3. The normalized spacial score (nSPS) is 10.4. The van der Waals surface area contributed by atoms with Crippen LogP contribution in [0.15, 0.2) is 59.4 Å². The van der Waals surface area contributed by atoms with Gasteiger partial charge in [0, 0.05) is 24.6 Å². The Morgan fingerprint density at radius 3 is 2.83 bits per heavy atom. The number of ether oxygens (including phenoxy) is 1. The maximum atomic E-state index is 12.3. The van der Waals surface area contributed by atoms with Gasteiger partial charge in [-0.05, 0) is 30.7 Å². The van der Waals surface area contributed by atoms with Crippen LogP contribution in [0, 0.1) is 6.92 Å². The number of hydrogen-bond acceptors (Lipinski definition) is 6. The number of aromatic nitrogens is 2. The smallest absolute Gasteiger partial charge is 0.340 e. The summed E-state index contributed by atoms with van der Waals surface area (Å²) in [6.45, 7) is 2.36. The molecule has 0 unspecified atom stereocenters. The van der Waals surface area contributed by atoms with E-state index in [4.69, 9.17) is 9.15 Å². The molecule has 3 aromatic rings. The average molecular weight is 323 g/mol. The Morgan fingerprint density at radius 1 is 1.21 bits per heavy atom. The molecule has 122 valence electrons. The number of pyridine rings is 1. The number of aryl methyl sites for hydroxylation is 1. The summed E-state index contributed by atoms with van der Waals surface area (Å²) in [5.74, 6) is 0.626. The maximum absolute atomic E-state index is 12.3. The summed E-state index contributed by atoms with van der Waals surface area (Å²) >= 11 is 0. The number of oxazole rings is 1. The molecule has 0 amide bonds. The second-order valence-electron chi connectivity index (χ2n) is 5.20. The monoisotopic (exact) mass is 323 g/mol. The summed E-state index contributed by atoms with van der Waals surface area (Å²) in [5, 5.41) is 3.23. The highest BCUT2D eigenvalue weighted by molar-refractivity contribution is 5.95. The Labute approximate surface area is 139 Å². The molecule has 0 fully saturated rings. The van der Waals surface area contributed by atoms with E-state index in [-0.39, 0.29) is 6.61 Å². The third-order valence-corrected chi connectivity index (χ3v) is 3.35. The molecule has 0 atom stereocenters. The van der Waals surface area contributed by atoms with Crippen LogP contribution >= 0.6 is 0 Å². The van der Waals surface area contributed by atoms with E-state index in [9.17, 15) is 4.79 Å². The van der Waals surface area contributed by atoms with Gasteiger partial charge in [-0.25, -0.2) is 9.78 Å². The predicted molar refractivity (Wildman–Crippen MR) is 88.4 cm³/mol. The average Bonchev–Trinajstić information content (AvgIpc) is 3.04. The SMILES string of the molecule is Cc1cnc(COC(=O)c2ccccc2NCc2cccnc2)o1. The predicted octanol–water partition coefficient (Wildman–Crippen LogP) is 3.35. The van der Waals surface area contributed by atoms with E-state index in [0.29, 0.717) is 29.4 Å². The van der Waals surface area contributed by atoms with Crippen molar-refractivity contribution >= 4 is 11.7 Å². The molecule has 2 aromatic heterocycles. The quantitative estimate of drug-likeness (QED) is 0.701. The molecule has 0 aliphatic carbocycles. The van der Waals surface area contributed by atoms with Crippen LogP contribution in [0.3, 0.4) is 0 Å². The number of nitrogens with one attached hydrogen (secondary N) is 1. The minimum absolute atomic E-state index is 0.00358. The van der Waals surface area contributed by atoms with E-state index >= 15 is 0 Å². The lowest BCUT2D eigenvalue weighted by Crippen LogP contribution is -2.10. The van der Waals surface area contributed by atoms with Crippen LogP contribution in [0.25, 0.3) is 0 Å². The van der Waals surface area contributed by atoms with Gasteiger partial charge in [0.2, 0.25) is 5.89 Å². The molecule has 24 heavy (non-hydrogen) atoms. The van der Waals surface area contributed by atoms with Crippen molar-refractivity contribution in [3.63, 3.8) is 0 Å². The summed E-state index contributed by atoms with van der Waals surface area (Å²) in [6, 6.07) is 11.0. The van der Waals surface area contributed by atoms with Gasteiger partial charge in [0.15, 0.2) is 6.61 Å². The van der Waals surface area contributed by atoms with Gasteiger partial charge in [0.1, 0.15) is 5.76 Å². The van der Waals surface area contributed by atoms with E-state index in [1.807, 2.05) is 24.3 Å². The third-order valence-electron chi connectivity index (χ3n) is 3.35. The van der Waals surface area contributed by atoms with E-state index in [0.717, 1.165) is 5.56 Å². The highest BCUT2D eigenvalue weighted by Crippen LogP contribution is 2.18. The van der Waals surface area contributed by atoms with Crippen molar-refractivity contribution < 1.29 is 13.9 Å². The first-order valence-corrected chi connectivity index (χ1v) is 7.52. The first kappa shape index (κ1) is 15.7. The summed E-state index contributed by atoms with van der Waals surface area (Å²) < 4.78 is 10.6. The van der Waals surface area contributed by atoms with Gasteiger partial charge < -0.3 is 14.5 Å². The number of benzene rings is 1. The van der Waals surface area contributed by atoms with Gasteiger partial charge in [0.05, 0.1) is 11.8 Å². The van der Waals surface area contributed by atoms with Crippen molar-refractivity contribution in [3.05, 3.63) is 77.8 Å². The van der Waals surface area contributed by atoms with Crippen LogP contribution < -0.4 is 5.32 Å². The van der Waals surface area contributed by atoms with Crippen LogP contribution in [-0.4, -0.2) is 15.9 Å². The molecule has 1 N–H and O–H groups in total. The number of esters is 1. The molecule has 0 saturated heterocycles. The van der Waals surface area contributed by atoms with Gasteiger partial charge in [0.25, 0.3) is 0 Å². The summed E-state index contributed by atoms with van der Waals surface area (Å²) in [6.07, 6.45) is 5.09. The minimum Gasteiger partial charge on any atom is -0.452 e. The molecule has 1 aromatic carbocycles. The Balaban J connectivity index is 1.65. The lowest BCUT2D eigenvalue weighted by molar-refractivity contribution is 0.0438. The highest BCUT2D eigenvalue weighted by atomic mass is 16.5. The van der Waals surface area contributed by atoms with Gasteiger partial charge in [-0.15, -0.1) is 0 Å². The van der Waals surface area contributed by atoms with Gasteiger partial charge in [-0.2, -0.15) is 0 Å². The Hall–Kier alpha value is -3.15. The fourth-order valence-corrected chi connectivity index (χ4v) is 2.19. The molecular weight excluding hydrogens is 306 g/mol. The zero-order valence-corrected chi connectivity index (χ0v) is 13.2. The molecule has 0 radical (unpaired) electrons. The van der Waals surface area contributed by atoms with E-state index in [2.05, 4.69) is 15.3 Å². The van der Waals surface area contributed by atoms with Crippen molar-refractivity contribution in [2.24, 2.45) is 0 Å². The summed E-state index contributed by atoms with van der Waals surface area (Å²) in [5.41, 5.74) is 2.19. The molecule has 6 heteroatoms. The number of carbonyl (C=O) groups excluding carboxylic acids is 1. The summed E-state index contributed by atoms with van der Waals surface area (Å²) in [7, 11) is 0. The topological polar surface area (TPSA) is 77.2 Å². The fourth-order valence-electron chi connectivity index (χ4n) is 2.19. The zero-order valence-electron chi connectivity index (χ0n) is 13.2. The molecule has 6 nitrogen and oxygen atoms in total. The third kappa shape index (κ3) is 3.98. The first-order valence-electron chi connectivity index (χ1n) is 7.52. The number of hydrogen-bond donors (Lipinski definition) is 1. The van der Waals surface area contributed by atoms with Crippen LogP contribution in [0.2, 0.25) is 0 Å². The highest BCUT2D eigenvalue weighted by Gasteiger charge is 2.13. The molecule has 2 heterocycles. The fraction of sp³-hybridized carbons (Fsp3) is 0.167. The van der Waals surface area contributed by atoms with Crippen LogP contribution in [0.4, 0.5) is 5.69 Å². The number of para-hydroxylation sites is 1. The van der Waals surface area contributed by atoms with Crippen molar-refractivity contribution in [3.8, 4) is 0 Å². The summed E-state index contributed by atoms with van der Waals surface area (Å²) in [4.78, 5) is 20.4. The van der Waals surface area contributed by atoms with Crippen LogP contribution in [0.5, 0.6) is 0 Å². The van der Waals surface area contributed by atoms with E-state index < -0.39 is 5.97 Å². The van der Waals surface area contributed by atoms with Gasteiger partial charge in [-0.1, -0.05) is 18.2 Å². The largest absolute Gasteiger partial charge is 0.452 e. The maximum Gasteiger partial charge on any atom is 0.340 e. The molecule has 0 spiro atoms. The standard InChI is InChI=1S/C18H17N3O3/c1-13-9-21-17(24-13)12-23-18(22)15-6-2-3-7-16(15)20-11-14-5-4-8-19-10-14/h2-10,20H,11-12H2,1H3. The van der Waals surface area contributed by atoms with Crippen molar-refractivity contribution in [1.29, 1.82) is 0 Å². The number of nitrogens with zero attached hydrogens (tertiary/aromatic N) is 2. The number of rotatable bonds is 6. The van der Waals surface area contributed by atoms with Gasteiger partial charge >= 0.3 is 5.97 Å². The first-order chi connectivity index (χ1) is 11.7. The molecule has 0 bridgehead atoms. The van der Waals surface area contributed by atoms with Gasteiger partial charge in [-0.3, -0.25) is 4.98 Å². The minimum atomic E-state index is -0.430. The lowest BCUT2D eigenvalue weighted by atomic mass is 10.1. The molecule has 0 aliphatic rings. The number of carbonyl (C=O) groups is 1. The van der Waals surface area contributed by atoms with Crippen LogP contribution in [-0.2, 0) is 17.9 Å². The lowest BCUT2D eigenvalue weighted by Gasteiger charge is -2.11.